The van der Waals surface area contributed by atoms with Gasteiger partial charge in [-0.3, -0.25) is 9.59 Å². The Morgan fingerprint density at radius 3 is 2.88 bits per heavy atom. The van der Waals surface area contributed by atoms with Gasteiger partial charge in [-0.05, 0) is 33.3 Å². The maximum Gasteiger partial charge on any atom is 0.330 e. The average molecular weight is 376 g/mol. The van der Waals surface area contributed by atoms with Crippen molar-refractivity contribution in [2.24, 2.45) is 0 Å². The van der Waals surface area contributed by atoms with Gasteiger partial charge in [0.1, 0.15) is 6.04 Å². The quantitative estimate of drug-likeness (QED) is 0.433. The summed E-state index contributed by atoms with van der Waals surface area (Å²) in [7, 11) is 0. The van der Waals surface area contributed by atoms with Crippen LogP contribution in [0.2, 0.25) is 0 Å². The number of carbonyl (C=O) groups is 3. The first kappa shape index (κ1) is 18.8. The third-order valence-corrected chi connectivity index (χ3v) is 6.75. The van der Waals surface area contributed by atoms with Crippen LogP contribution in [0, 0.1) is 13.8 Å². The van der Waals surface area contributed by atoms with Gasteiger partial charge in [-0.15, -0.1) is 18.3 Å². The molecule has 2 fully saturated rings. The molecule has 2 aliphatic rings. The molecule has 0 N–H and O–H groups in total. The van der Waals surface area contributed by atoms with Crippen LogP contribution < -0.4 is 0 Å². The average Bonchev–Trinajstić information content (AvgIpc) is 3.19. The lowest BCUT2D eigenvalue weighted by molar-refractivity contribution is -0.152. The second-order valence-electron chi connectivity index (χ2n) is 6.98. The minimum Gasteiger partial charge on any atom is -0.456 e. The first-order chi connectivity index (χ1) is 12.3. The Balaban J connectivity index is 1.65. The van der Waals surface area contributed by atoms with Crippen molar-refractivity contribution in [2.75, 3.05) is 12.4 Å². The van der Waals surface area contributed by atoms with Crippen LogP contribution in [0.3, 0.4) is 0 Å². The molecule has 3 rings (SSSR count). The molecule has 6 nitrogen and oxygen atoms in total. The van der Waals surface area contributed by atoms with Crippen molar-refractivity contribution in [2.45, 2.75) is 51.1 Å². The molecule has 0 aliphatic carbocycles. The second kappa shape index (κ2) is 6.95. The lowest BCUT2D eigenvalue weighted by Crippen LogP contribution is -2.46. The van der Waals surface area contributed by atoms with Crippen molar-refractivity contribution in [3.8, 4) is 0 Å². The fourth-order valence-electron chi connectivity index (χ4n) is 3.80. The van der Waals surface area contributed by atoms with Crippen LogP contribution >= 0.6 is 11.8 Å². The lowest BCUT2D eigenvalue weighted by Gasteiger charge is -2.29. The largest absolute Gasteiger partial charge is 0.456 e. The van der Waals surface area contributed by atoms with Crippen LogP contribution in [-0.4, -0.2) is 50.4 Å². The molecule has 140 valence electrons. The van der Waals surface area contributed by atoms with E-state index in [1.165, 1.54) is 0 Å². The predicted molar refractivity (Wildman–Crippen MR) is 100 cm³/mol. The Morgan fingerprint density at radius 1 is 1.46 bits per heavy atom. The van der Waals surface area contributed by atoms with E-state index in [9.17, 15) is 14.4 Å². The van der Waals surface area contributed by atoms with E-state index in [0.717, 1.165) is 17.8 Å². The Kier molecular flexibility index (Phi) is 5.01. The number of fused-ring (bicyclic) bond motifs is 1. The monoisotopic (exact) mass is 376 g/mol. The van der Waals surface area contributed by atoms with E-state index in [1.807, 2.05) is 31.4 Å². The lowest BCUT2D eigenvalue weighted by atomic mass is 10.1. The summed E-state index contributed by atoms with van der Waals surface area (Å²) in [5, 5.41) is 0. The number of esters is 1. The summed E-state index contributed by atoms with van der Waals surface area (Å²) in [4.78, 5) is 38.4. The third-order valence-electron chi connectivity index (χ3n) is 5.25. The topological polar surface area (TPSA) is 68.6 Å². The molecule has 1 aromatic heterocycles. The molecule has 0 unspecified atom stereocenters. The summed E-state index contributed by atoms with van der Waals surface area (Å²) in [6, 6.07) is 1.21. The van der Waals surface area contributed by atoms with Gasteiger partial charge >= 0.3 is 5.97 Å². The smallest absolute Gasteiger partial charge is 0.330 e. The van der Waals surface area contributed by atoms with Crippen LogP contribution in [0.1, 0.15) is 41.5 Å². The number of rotatable bonds is 6. The van der Waals surface area contributed by atoms with Gasteiger partial charge in [-0.2, -0.15) is 0 Å². The van der Waals surface area contributed by atoms with Gasteiger partial charge in [0.2, 0.25) is 11.7 Å². The normalized spacial score (nSPS) is 24.7. The number of nitrogens with zero attached hydrogens (tertiary/aromatic N) is 2. The van der Waals surface area contributed by atoms with Crippen LogP contribution in [0.15, 0.2) is 18.7 Å². The predicted octanol–water partition coefficient (Wildman–Crippen LogP) is 2.47. The Labute approximate surface area is 157 Å². The summed E-state index contributed by atoms with van der Waals surface area (Å²) in [6.07, 6.45) is 2.98. The maximum absolute atomic E-state index is 12.5. The van der Waals surface area contributed by atoms with E-state index in [2.05, 4.69) is 6.58 Å². The number of thioether (sulfide) groups is 1. The summed E-state index contributed by atoms with van der Waals surface area (Å²) in [6.45, 7) is 9.82. The van der Waals surface area contributed by atoms with Gasteiger partial charge in [0, 0.05) is 35.7 Å². The second-order valence-corrected chi connectivity index (χ2v) is 8.48. The van der Waals surface area contributed by atoms with E-state index >= 15 is 0 Å². The van der Waals surface area contributed by atoms with Gasteiger partial charge < -0.3 is 14.2 Å². The molecule has 0 bridgehead atoms. The highest BCUT2D eigenvalue weighted by molar-refractivity contribution is 8.01. The van der Waals surface area contributed by atoms with Crippen molar-refractivity contribution < 1.29 is 19.1 Å². The van der Waals surface area contributed by atoms with Gasteiger partial charge in [0.05, 0.1) is 4.87 Å². The first-order valence-corrected chi connectivity index (χ1v) is 9.70. The number of hydrogen-bond donors (Lipinski definition) is 0. The standard InChI is InChI=1S/C19H24N2O4S/c1-5-8-20-12(2)9-14(13(20)3)16(22)10-25-18(24)15-11-26-19(4)7-6-17(23)21(15)19/h5,9,15H,1,6-8,10-11H2,2-4H3/t15-,19-/m0/s1. The Morgan fingerprint density at radius 2 is 2.19 bits per heavy atom. The van der Waals surface area contributed by atoms with Gasteiger partial charge in [0.25, 0.3) is 0 Å². The van der Waals surface area contributed by atoms with Crippen molar-refractivity contribution in [3.05, 3.63) is 35.7 Å². The van der Waals surface area contributed by atoms with Crippen molar-refractivity contribution >= 4 is 29.4 Å². The minimum atomic E-state index is -0.596. The zero-order valence-corrected chi connectivity index (χ0v) is 16.2. The SMILES string of the molecule is C=CCn1c(C)cc(C(=O)COC(=O)[C@@H]2CS[C@@]3(C)CCC(=O)N23)c1C. The van der Waals surface area contributed by atoms with Crippen LogP contribution in [0.5, 0.6) is 0 Å². The number of aromatic nitrogens is 1. The molecule has 0 saturated carbocycles. The number of amides is 1. The number of aryl methyl sites for hydroxylation is 1. The van der Waals surface area contributed by atoms with E-state index in [4.69, 9.17) is 4.74 Å². The van der Waals surface area contributed by atoms with E-state index in [1.54, 1.807) is 22.7 Å². The van der Waals surface area contributed by atoms with Crippen LogP contribution in [-0.2, 0) is 20.9 Å². The van der Waals surface area contributed by atoms with Crippen molar-refractivity contribution in [1.29, 1.82) is 0 Å². The molecular weight excluding hydrogens is 352 g/mol. The summed E-state index contributed by atoms with van der Waals surface area (Å²) in [5.41, 5.74) is 2.35. The number of Topliss-reactive ketones (excluding diaryl/α,β-unsaturated/α-hetero) is 1. The summed E-state index contributed by atoms with van der Waals surface area (Å²) < 4.78 is 7.27. The molecule has 2 atom stereocenters. The van der Waals surface area contributed by atoms with Gasteiger partial charge in [-0.25, -0.2) is 4.79 Å². The number of ketones is 1. The zero-order chi connectivity index (χ0) is 19.1. The summed E-state index contributed by atoms with van der Waals surface area (Å²) in [5.74, 6) is -0.227. The van der Waals surface area contributed by atoms with Gasteiger partial charge in [0.15, 0.2) is 6.61 Å². The molecule has 2 saturated heterocycles. The van der Waals surface area contributed by atoms with Crippen molar-refractivity contribution in [3.63, 3.8) is 0 Å². The number of ether oxygens (including phenoxy) is 1. The molecule has 1 amide bonds. The fourth-order valence-corrected chi connectivity index (χ4v) is 5.22. The number of carbonyl (C=O) groups excluding carboxylic acids is 3. The van der Waals surface area contributed by atoms with Crippen molar-refractivity contribution in [1.82, 2.24) is 9.47 Å². The third kappa shape index (κ3) is 3.09. The van der Waals surface area contributed by atoms with Crippen LogP contribution in [0.4, 0.5) is 0 Å². The molecule has 0 spiro atoms. The molecule has 0 aromatic carbocycles. The highest BCUT2D eigenvalue weighted by Gasteiger charge is 2.53. The molecule has 1 aromatic rings. The molecule has 7 heteroatoms. The minimum absolute atomic E-state index is 0.0150. The summed E-state index contributed by atoms with van der Waals surface area (Å²) >= 11 is 1.61. The van der Waals surface area contributed by atoms with Crippen LogP contribution in [0.25, 0.3) is 0 Å². The number of allylic oxidation sites excluding steroid dienone is 1. The zero-order valence-electron chi connectivity index (χ0n) is 15.4. The van der Waals surface area contributed by atoms with E-state index in [-0.39, 0.29) is 23.2 Å². The maximum atomic E-state index is 12.5. The molecule has 0 radical (unpaired) electrons. The molecule has 2 aliphatic heterocycles. The highest BCUT2D eigenvalue weighted by Crippen LogP contribution is 2.47. The first-order valence-electron chi connectivity index (χ1n) is 8.72. The Bertz CT molecular complexity index is 785. The molecule has 3 heterocycles. The Hall–Kier alpha value is -2.02. The highest BCUT2D eigenvalue weighted by atomic mass is 32.2. The van der Waals surface area contributed by atoms with E-state index in [0.29, 0.717) is 24.3 Å². The molecule has 26 heavy (non-hydrogen) atoms. The number of hydrogen-bond acceptors (Lipinski definition) is 5. The van der Waals surface area contributed by atoms with Gasteiger partial charge in [-0.1, -0.05) is 6.08 Å². The molecular formula is C19H24N2O4S. The fraction of sp³-hybridized carbons (Fsp3) is 0.526. The van der Waals surface area contributed by atoms with E-state index < -0.39 is 12.0 Å².